The minimum Gasteiger partial charge on any atom is -0.290 e. The lowest BCUT2D eigenvalue weighted by Crippen LogP contribution is -2.41. The SMILES string of the molecule is CC(C)(C)NP(C(C)(C)C)C(C)(C)C. The van der Waals surface area contributed by atoms with E-state index in [0.29, 0.717) is 10.3 Å². The molecule has 2 heteroatoms. The highest BCUT2D eigenvalue weighted by Gasteiger charge is 2.36. The fourth-order valence-electron chi connectivity index (χ4n) is 1.68. The summed E-state index contributed by atoms with van der Waals surface area (Å²) in [5, 5.41) is 4.52. The summed E-state index contributed by atoms with van der Waals surface area (Å²) in [4.78, 5) is 0. The van der Waals surface area contributed by atoms with E-state index in [1.54, 1.807) is 0 Å². The minimum atomic E-state index is -0.181. The average molecular weight is 217 g/mol. The van der Waals surface area contributed by atoms with Crippen LogP contribution in [-0.4, -0.2) is 15.9 Å². The molecular weight excluding hydrogens is 189 g/mol. The van der Waals surface area contributed by atoms with Crippen molar-refractivity contribution in [3.63, 3.8) is 0 Å². The second kappa shape index (κ2) is 4.10. The van der Waals surface area contributed by atoms with Crippen molar-refractivity contribution in [3.8, 4) is 0 Å². The quantitative estimate of drug-likeness (QED) is 0.643. The van der Waals surface area contributed by atoms with Gasteiger partial charge in [0.15, 0.2) is 0 Å². The summed E-state index contributed by atoms with van der Waals surface area (Å²) in [5.74, 6) is 0. The Morgan fingerprint density at radius 1 is 0.643 bits per heavy atom. The summed E-state index contributed by atoms with van der Waals surface area (Å²) in [6.07, 6.45) is 0. The Bertz CT molecular complexity index is 164. The van der Waals surface area contributed by atoms with Crippen LogP contribution in [0.2, 0.25) is 0 Å². The van der Waals surface area contributed by atoms with Gasteiger partial charge in [-0.3, -0.25) is 5.09 Å². The summed E-state index contributed by atoms with van der Waals surface area (Å²) < 4.78 is 0. The minimum absolute atomic E-state index is 0.181. The summed E-state index contributed by atoms with van der Waals surface area (Å²) in [6.45, 7) is 20.8. The van der Waals surface area contributed by atoms with E-state index in [4.69, 9.17) is 0 Å². The number of hydrogen-bond acceptors (Lipinski definition) is 1. The van der Waals surface area contributed by atoms with Crippen molar-refractivity contribution in [1.82, 2.24) is 5.09 Å². The van der Waals surface area contributed by atoms with Crippen LogP contribution in [0, 0.1) is 0 Å². The van der Waals surface area contributed by atoms with Gasteiger partial charge in [-0.2, -0.15) is 0 Å². The molecule has 14 heavy (non-hydrogen) atoms. The summed E-state index contributed by atoms with van der Waals surface area (Å²) in [6, 6.07) is 0. The standard InChI is InChI=1S/C12H28NP/c1-10(2,3)13-14(11(4,5)6)12(7,8)9/h13H,1-9H3. The summed E-state index contributed by atoms with van der Waals surface area (Å²) in [7, 11) is -0.181. The maximum atomic E-state index is 3.80. The monoisotopic (exact) mass is 217 g/mol. The second-order valence-electron chi connectivity index (χ2n) is 7.04. The van der Waals surface area contributed by atoms with Gasteiger partial charge in [0.1, 0.15) is 0 Å². The lowest BCUT2D eigenvalue weighted by atomic mass is 10.1. The van der Waals surface area contributed by atoms with Crippen LogP contribution in [-0.2, 0) is 0 Å². The van der Waals surface area contributed by atoms with Crippen molar-refractivity contribution in [3.05, 3.63) is 0 Å². The first-order valence-corrected chi connectivity index (χ1v) is 6.76. The van der Waals surface area contributed by atoms with Crippen LogP contribution < -0.4 is 5.09 Å². The highest BCUT2D eigenvalue weighted by molar-refractivity contribution is 7.58. The fourth-order valence-corrected chi connectivity index (χ4v) is 5.03. The zero-order valence-electron chi connectivity index (χ0n) is 11.4. The molecule has 0 atom stereocenters. The van der Waals surface area contributed by atoms with Gasteiger partial charge in [0, 0.05) is 5.54 Å². The molecule has 0 rings (SSSR count). The Morgan fingerprint density at radius 2 is 0.929 bits per heavy atom. The second-order valence-corrected chi connectivity index (χ2v) is 10.6. The first-order chi connectivity index (χ1) is 5.84. The van der Waals surface area contributed by atoms with Gasteiger partial charge < -0.3 is 0 Å². The van der Waals surface area contributed by atoms with Gasteiger partial charge >= 0.3 is 0 Å². The molecule has 1 N–H and O–H groups in total. The first kappa shape index (κ1) is 14.4. The molecule has 0 aromatic rings. The van der Waals surface area contributed by atoms with E-state index in [-0.39, 0.29) is 13.6 Å². The molecule has 0 radical (unpaired) electrons. The molecule has 86 valence electrons. The molecule has 0 saturated carbocycles. The Labute approximate surface area is 91.9 Å². The van der Waals surface area contributed by atoms with Crippen LogP contribution in [0.1, 0.15) is 62.3 Å². The first-order valence-electron chi connectivity index (χ1n) is 5.42. The zero-order chi connectivity index (χ0) is 11.8. The molecule has 0 aliphatic carbocycles. The van der Waals surface area contributed by atoms with Gasteiger partial charge in [0.25, 0.3) is 0 Å². The molecular formula is C12H28NP. The maximum Gasteiger partial charge on any atom is 0.0133 e. The highest BCUT2D eigenvalue weighted by atomic mass is 31.1. The molecule has 0 aliphatic heterocycles. The normalized spacial score (nSPS) is 15.0. The van der Waals surface area contributed by atoms with Crippen molar-refractivity contribution in [2.45, 2.75) is 78.2 Å². The van der Waals surface area contributed by atoms with Gasteiger partial charge in [0.05, 0.1) is 0 Å². The van der Waals surface area contributed by atoms with E-state index in [9.17, 15) is 0 Å². The lowest BCUT2D eigenvalue weighted by molar-refractivity contribution is 0.509. The van der Waals surface area contributed by atoms with Gasteiger partial charge in [0.2, 0.25) is 0 Å². The van der Waals surface area contributed by atoms with Gasteiger partial charge in [-0.05, 0) is 39.2 Å². The molecule has 0 spiro atoms. The Balaban J connectivity index is 4.78. The third-order valence-corrected chi connectivity index (χ3v) is 5.37. The number of nitrogens with one attached hydrogen (secondary N) is 1. The van der Waals surface area contributed by atoms with Crippen molar-refractivity contribution in [2.75, 3.05) is 0 Å². The third kappa shape index (κ3) is 5.32. The van der Waals surface area contributed by atoms with Gasteiger partial charge in [-0.15, -0.1) is 0 Å². The topological polar surface area (TPSA) is 12.0 Å². The van der Waals surface area contributed by atoms with E-state index in [2.05, 4.69) is 67.4 Å². The Hall–Kier alpha value is 0.390. The fraction of sp³-hybridized carbons (Fsp3) is 1.00. The lowest BCUT2D eigenvalue weighted by Gasteiger charge is -2.45. The number of hydrogen-bond donors (Lipinski definition) is 1. The molecule has 0 saturated heterocycles. The Kier molecular flexibility index (Phi) is 4.21. The Morgan fingerprint density at radius 3 is 1.00 bits per heavy atom. The molecule has 0 unspecified atom stereocenters. The van der Waals surface area contributed by atoms with E-state index < -0.39 is 0 Å². The molecule has 0 fully saturated rings. The van der Waals surface area contributed by atoms with Crippen LogP contribution in [0.3, 0.4) is 0 Å². The summed E-state index contributed by atoms with van der Waals surface area (Å²) >= 11 is 0. The largest absolute Gasteiger partial charge is 0.290 e. The smallest absolute Gasteiger partial charge is 0.0133 e. The van der Waals surface area contributed by atoms with Crippen LogP contribution in [0.25, 0.3) is 0 Å². The molecule has 0 aliphatic rings. The predicted octanol–water partition coefficient (Wildman–Crippen LogP) is 4.37. The molecule has 0 aromatic heterocycles. The van der Waals surface area contributed by atoms with Crippen LogP contribution in [0.4, 0.5) is 0 Å². The number of rotatable bonds is 1. The molecule has 0 heterocycles. The summed E-state index contributed by atoms with van der Waals surface area (Å²) in [5.41, 5.74) is 0.215. The molecule has 1 nitrogen and oxygen atoms in total. The maximum absolute atomic E-state index is 3.80. The van der Waals surface area contributed by atoms with E-state index in [0.717, 1.165) is 0 Å². The van der Waals surface area contributed by atoms with Crippen LogP contribution >= 0.6 is 8.07 Å². The average Bonchev–Trinajstić information content (AvgIpc) is 1.75. The zero-order valence-corrected chi connectivity index (χ0v) is 12.3. The van der Waals surface area contributed by atoms with Crippen molar-refractivity contribution in [2.24, 2.45) is 0 Å². The third-order valence-electron chi connectivity index (χ3n) is 1.79. The van der Waals surface area contributed by atoms with Crippen molar-refractivity contribution < 1.29 is 0 Å². The van der Waals surface area contributed by atoms with E-state index in [1.165, 1.54) is 0 Å². The van der Waals surface area contributed by atoms with Crippen LogP contribution in [0.5, 0.6) is 0 Å². The predicted molar refractivity (Wildman–Crippen MR) is 69.3 cm³/mol. The van der Waals surface area contributed by atoms with Gasteiger partial charge in [-0.25, -0.2) is 0 Å². The van der Waals surface area contributed by atoms with Gasteiger partial charge in [-0.1, -0.05) is 41.5 Å². The van der Waals surface area contributed by atoms with E-state index in [1.807, 2.05) is 0 Å². The van der Waals surface area contributed by atoms with Crippen LogP contribution in [0.15, 0.2) is 0 Å². The van der Waals surface area contributed by atoms with Crippen molar-refractivity contribution >= 4 is 8.07 Å². The molecule has 0 bridgehead atoms. The molecule has 0 aromatic carbocycles. The van der Waals surface area contributed by atoms with E-state index >= 15 is 0 Å². The molecule has 0 amide bonds. The highest BCUT2D eigenvalue weighted by Crippen LogP contribution is 2.56. The van der Waals surface area contributed by atoms with Crippen molar-refractivity contribution in [1.29, 1.82) is 0 Å².